The first kappa shape index (κ1) is 13.5. The fourth-order valence-electron chi connectivity index (χ4n) is 2.39. The van der Waals surface area contributed by atoms with Gasteiger partial charge in [-0.1, -0.05) is 0 Å². The van der Waals surface area contributed by atoms with Crippen molar-refractivity contribution in [3.63, 3.8) is 0 Å². The van der Waals surface area contributed by atoms with E-state index in [4.69, 9.17) is 5.11 Å². The van der Waals surface area contributed by atoms with Gasteiger partial charge in [-0.2, -0.15) is 0 Å². The van der Waals surface area contributed by atoms with Crippen molar-refractivity contribution < 1.29 is 9.90 Å². The zero-order chi connectivity index (χ0) is 13.3. The van der Waals surface area contributed by atoms with E-state index in [0.717, 1.165) is 31.6 Å². The van der Waals surface area contributed by atoms with Crippen molar-refractivity contribution in [1.82, 2.24) is 9.88 Å². The SMILES string of the molecule is Cc1nc(C2CCCN(C(C)C(=O)O)C2)sc1C. The lowest BCUT2D eigenvalue weighted by Crippen LogP contribution is -2.44. The molecule has 5 heteroatoms. The Morgan fingerprint density at radius 1 is 1.56 bits per heavy atom. The monoisotopic (exact) mass is 268 g/mol. The highest BCUT2D eigenvalue weighted by Crippen LogP contribution is 2.31. The molecule has 2 unspecified atom stereocenters. The lowest BCUT2D eigenvalue weighted by Gasteiger charge is -2.34. The van der Waals surface area contributed by atoms with Gasteiger partial charge >= 0.3 is 5.97 Å². The number of hydrogen-bond acceptors (Lipinski definition) is 4. The van der Waals surface area contributed by atoms with Crippen LogP contribution in [0.5, 0.6) is 0 Å². The third kappa shape index (κ3) is 2.72. The Labute approximate surface area is 112 Å². The molecule has 0 spiro atoms. The molecule has 4 nitrogen and oxygen atoms in total. The molecule has 1 N–H and O–H groups in total. The van der Waals surface area contributed by atoms with Crippen LogP contribution in [0.15, 0.2) is 0 Å². The Morgan fingerprint density at radius 2 is 2.28 bits per heavy atom. The predicted molar refractivity (Wildman–Crippen MR) is 72.2 cm³/mol. The molecule has 18 heavy (non-hydrogen) atoms. The summed E-state index contributed by atoms with van der Waals surface area (Å²) in [6, 6.07) is -0.394. The maximum absolute atomic E-state index is 11.0. The zero-order valence-corrected chi connectivity index (χ0v) is 12.0. The van der Waals surface area contributed by atoms with E-state index in [9.17, 15) is 4.79 Å². The van der Waals surface area contributed by atoms with E-state index in [0.29, 0.717) is 5.92 Å². The van der Waals surface area contributed by atoms with Gasteiger partial charge in [0.25, 0.3) is 0 Å². The van der Waals surface area contributed by atoms with Gasteiger partial charge < -0.3 is 5.11 Å². The van der Waals surface area contributed by atoms with Crippen molar-refractivity contribution in [3.8, 4) is 0 Å². The average Bonchev–Trinajstić information content (AvgIpc) is 2.69. The van der Waals surface area contributed by atoms with Gasteiger partial charge in [0.15, 0.2) is 0 Å². The van der Waals surface area contributed by atoms with E-state index < -0.39 is 12.0 Å². The van der Waals surface area contributed by atoms with Gasteiger partial charge in [0.05, 0.1) is 10.7 Å². The van der Waals surface area contributed by atoms with Crippen molar-refractivity contribution in [3.05, 3.63) is 15.6 Å². The number of aryl methyl sites for hydroxylation is 2. The van der Waals surface area contributed by atoms with Crippen LogP contribution >= 0.6 is 11.3 Å². The van der Waals surface area contributed by atoms with E-state index in [1.54, 1.807) is 18.3 Å². The van der Waals surface area contributed by atoms with Gasteiger partial charge in [-0.3, -0.25) is 9.69 Å². The number of carboxylic acids is 1. The molecule has 1 fully saturated rings. The fourth-order valence-corrected chi connectivity index (χ4v) is 3.44. The van der Waals surface area contributed by atoms with Crippen molar-refractivity contribution >= 4 is 17.3 Å². The summed E-state index contributed by atoms with van der Waals surface area (Å²) in [6.07, 6.45) is 2.18. The second-order valence-corrected chi connectivity index (χ2v) is 6.28. The van der Waals surface area contributed by atoms with Crippen molar-refractivity contribution in [2.45, 2.75) is 45.6 Å². The first-order chi connectivity index (χ1) is 8.49. The summed E-state index contributed by atoms with van der Waals surface area (Å²) in [6.45, 7) is 7.60. The molecule has 1 aliphatic heterocycles. The molecule has 2 atom stereocenters. The van der Waals surface area contributed by atoms with Crippen LogP contribution in [0.4, 0.5) is 0 Å². The number of piperidine rings is 1. The lowest BCUT2D eigenvalue weighted by molar-refractivity contribution is -0.143. The minimum absolute atomic E-state index is 0.394. The van der Waals surface area contributed by atoms with E-state index in [-0.39, 0.29) is 0 Å². The Balaban J connectivity index is 2.09. The summed E-state index contributed by atoms with van der Waals surface area (Å²) in [7, 11) is 0. The molecule has 1 aromatic heterocycles. The molecule has 0 aliphatic carbocycles. The minimum atomic E-state index is -0.734. The number of carbonyl (C=O) groups is 1. The Hall–Kier alpha value is -0.940. The third-order valence-electron chi connectivity index (χ3n) is 3.75. The number of aromatic nitrogens is 1. The Morgan fingerprint density at radius 3 is 2.83 bits per heavy atom. The molecule has 1 aliphatic rings. The quantitative estimate of drug-likeness (QED) is 0.914. The van der Waals surface area contributed by atoms with Gasteiger partial charge in [-0.25, -0.2) is 4.98 Å². The summed E-state index contributed by atoms with van der Waals surface area (Å²) >= 11 is 1.76. The maximum Gasteiger partial charge on any atom is 0.320 e. The highest BCUT2D eigenvalue weighted by Gasteiger charge is 2.29. The number of hydrogen-bond donors (Lipinski definition) is 1. The second kappa shape index (κ2) is 5.36. The molecule has 0 radical (unpaired) electrons. The topological polar surface area (TPSA) is 53.4 Å². The molecule has 0 saturated carbocycles. The highest BCUT2D eigenvalue weighted by molar-refractivity contribution is 7.11. The molecule has 100 valence electrons. The zero-order valence-electron chi connectivity index (χ0n) is 11.1. The van der Waals surface area contributed by atoms with Gasteiger partial charge in [0.1, 0.15) is 6.04 Å². The number of nitrogens with zero attached hydrogens (tertiary/aromatic N) is 2. The van der Waals surface area contributed by atoms with E-state index in [1.165, 1.54) is 9.88 Å². The molecule has 1 aromatic rings. The number of carboxylic acid groups (broad SMARTS) is 1. The summed E-state index contributed by atoms with van der Waals surface area (Å²) in [5.41, 5.74) is 1.11. The maximum atomic E-state index is 11.0. The molecule has 0 amide bonds. The van der Waals surface area contributed by atoms with Gasteiger partial charge in [0.2, 0.25) is 0 Å². The van der Waals surface area contributed by atoms with Crippen LogP contribution in [0.1, 0.15) is 41.3 Å². The lowest BCUT2D eigenvalue weighted by atomic mass is 9.97. The second-order valence-electron chi connectivity index (χ2n) is 5.04. The summed E-state index contributed by atoms with van der Waals surface area (Å²) in [5.74, 6) is -0.333. The van der Waals surface area contributed by atoms with Crippen molar-refractivity contribution in [2.24, 2.45) is 0 Å². The van der Waals surface area contributed by atoms with Crippen molar-refractivity contribution in [1.29, 1.82) is 0 Å². The highest BCUT2D eigenvalue weighted by atomic mass is 32.1. The minimum Gasteiger partial charge on any atom is -0.480 e. The van der Waals surface area contributed by atoms with Crippen LogP contribution in [-0.2, 0) is 4.79 Å². The molecular formula is C13H20N2O2S. The standard InChI is InChI=1S/C13H20N2O2S/c1-8-10(3)18-12(14-8)11-5-4-6-15(7-11)9(2)13(16)17/h9,11H,4-7H2,1-3H3,(H,16,17). The number of thiazole rings is 1. The first-order valence-corrected chi connectivity index (χ1v) is 7.21. The Bertz CT molecular complexity index is 425. The predicted octanol–water partition coefficient (Wildman–Crippen LogP) is 2.41. The molecular weight excluding hydrogens is 248 g/mol. The van der Waals surface area contributed by atoms with Gasteiger partial charge in [-0.15, -0.1) is 11.3 Å². The summed E-state index contributed by atoms with van der Waals surface area (Å²) in [5, 5.41) is 10.3. The molecule has 0 bridgehead atoms. The average molecular weight is 268 g/mol. The number of aliphatic carboxylic acids is 1. The van der Waals surface area contributed by atoms with E-state index in [1.807, 2.05) is 6.92 Å². The van der Waals surface area contributed by atoms with E-state index in [2.05, 4.69) is 16.8 Å². The first-order valence-electron chi connectivity index (χ1n) is 6.40. The van der Waals surface area contributed by atoms with Gasteiger partial charge in [-0.05, 0) is 40.2 Å². The van der Waals surface area contributed by atoms with Gasteiger partial charge in [0, 0.05) is 17.3 Å². The molecule has 1 saturated heterocycles. The number of likely N-dealkylation sites (tertiary alicyclic amines) is 1. The van der Waals surface area contributed by atoms with Crippen molar-refractivity contribution in [2.75, 3.05) is 13.1 Å². The number of rotatable bonds is 3. The summed E-state index contributed by atoms with van der Waals surface area (Å²) < 4.78 is 0. The van der Waals surface area contributed by atoms with Crippen LogP contribution < -0.4 is 0 Å². The molecule has 2 heterocycles. The molecule has 2 rings (SSSR count). The smallest absolute Gasteiger partial charge is 0.320 e. The Kier molecular flexibility index (Phi) is 4.02. The molecule has 0 aromatic carbocycles. The normalized spacial score (nSPS) is 22.9. The fraction of sp³-hybridized carbons (Fsp3) is 0.692. The summed E-state index contributed by atoms with van der Waals surface area (Å²) in [4.78, 5) is 19.0. The van der Waals surface area contributed by atoms with Crippen LogP contribution in [0.3, 0.4) is 0 Å². The van der Waals surface area contributed by atoms with Crippen LogP contribution in [0, 0.1) is 13.8 Å². The van der Waals surface area contributed by atoms with Crippen LogP contribution in [0.25, 0.3) is 0 Å². The largest absolute Gasteiger partial charge is 0.480 e. The van der Waals surface area contributed by atoms with Crippen LogP contribution in [-0.4, -0.2) is 40.1 Å². The van der Waals surface area contributed by atoms with Crippen LogP contribution in [0.2, 0.25) is 0 Å². The van der Waals surface area contributed by atoms with E-state index >= 15 is 0 Å². The third-order valence-corrected chi connectivity index (χ3v) is 4.99.